The maximum atomic E-state index is 8.99. The van der Waals surface area contributed by atoms with Gasteiger partial charge in [-0.15, -0.1) is 0 Å². The van der Waals surface area contributed by atoms with Gasteiger partial charge in [-0.25, -0.2) is 0 Å². The Morgan fingerprint density at radius 2 is 2.30 bits per heavy atom. The Morgan fingerprint density at radius 3 is 2.70 bits per heavy atom. The number of hydrogen-bond acceptors (Lipinski definition) is 3. The summed E-state index contributed by atoms with van der Waals surface area (Å²) in [6.45, 7) is 0. The Bertz CT molecular complexity index is 242. The van der Waals surface area contributed by atoms with Crippen LogP contribution in [0.15, 0.2) is 12.4 Å². The zero-order valence-electron chi connectivity index (χ0n) is 5.00. The Kier molecular flexibility index (Phi) is 1.87. The fraction of sp³-hybridized carbons (Fsp3) is 0. The molecule has 0 unspecified atom stereocenters. The zero-order valence-corrected chi connectivity index (χ0v) is 5.76. The van der Waals surface area contributed by atoms with Gasteiger partial charge in [0.05, 0.1) is 16.8 Å². The predicted octanol–water partition coefficient (Wildman–Crippen LogP) is 1.44. The third kappa shape index (κ3) is 1.09. The fourth-order valence-electron chi connectivity index (χ4n) is 0.578. The van der Waals surface area contributed by atoms with Crippen molar-refractivity contribution in [1.82, 2.24) is 4.98 Å². The Labute approximate surface area is 62.8 Å². The van der Waals surface area contributed by atoms with E-state index in [4.69, 9.17) is 22.1 Å². The van der Waals surface area contributed by atoms with Gasteiger partial charge < -0.3 is 10.5 Å². The molecular formula is C6H5ClN2O. The lowest BCUT2D eigenvalue weighted by atomic mass is 10.3. The average Bonchev–Trinajstić information content (AvgIpc) is 1.88. The highest BCUT2D eigenvalue weighted by atomic mass is 35.5. The van der Waals surface area contributed by atoms with Gasteiger partial charge in [0, 0.05) is 12.4 Å². The molecule has 0 aliphatic carbocycles. The molecule has 0 atom stereocenters. The molecule has 10 heavy (non-hydrogen) atoms. The summed E-state index contributed by atoms with van der Waals surface area (Å²) in [7, 11) is 0. The first-order chi connectivity index (χ1) is 4.75. The number of aromatic nitrogens is 1. The third-order valence-electron chi connectivity index (χ3n) is 1.06. The highest BCUT2D eigenvalue weighted by molar-refractivity contribution is 6.33. The number of nitrogens with one attached hydrogen (secondary N) is 1. The van der Waals surface area contributed by atoms with E-state index in [0.29, 0.717) is 5.56 Å². The van der Waals surface area contributed by atoms with Gasteiger partial charge in [-0.05, 0) is 0 Å². The predicted molar refractivity (Wildman–Crippen MR) is 38.8 cm³/mol. The molecule has 0 fully saturated rings. The van der Waals surface area contributed by atoms with Crippen LogP contribution >= 0.6 is 11.6 Å². The maximum absolute atomic E-state index is 8.99. The quantitative estimate of drug-likeness (QED) is 0.605. The van der Waals surface area contributed by atoms with Crippen LogP contribution in [0.1, 0.15) is 5.56 Å². The zero-order chi connectivity index (χ0) is 7.56. The summed E-state index contributed by atoms with van der Waals surface area (Å²) in [6.07, 6.45) is 3.60. The highest BCUT2D eigenvalue weighted by Gasteiger charge is 2.01. The second kappa shape index (κ2) is 2.66. The molecule has 0 spiro atoms. The van der Waals surface area contributed by atoms with E-state index in [2.05, 4.69) is 4.98 Å². The molecule has 1 heterocycles. The lowest BCUT2D eigenvalue weighted by Crippen LogP contribution is -1.83. The molecule has 0 radical (unpaired) electrons. The van der Waals surface area contributed by atoms with E-state index >= 15 is 0 Å². The van der Waals surface area contributed by atoms with E-state index in [-0.39, 0.29) is 10.8 Å². The average molecular weight is 157 g/mol. The maximum Gasteiger partial charge on any atom is 0.144 e. The van der Waals surface area contributed by atoms with Gasteiger partial charge in [0.25, 0.3) is 0 Å². The van der Waals surface area contributed by atoms with Crippen molar-refractivity contribution >= 4 is 17.8 Å². The van der Waals surface area contributed by atoms with E-state index < -0.39 is 0 Å². The van der Waals surface area contributed by atoms with Crippen LogP contribution in [0.3, 0.4) is 0 Å². The molecule has 4 heteroatoms. The molecule has 0 aromatic carbocycles. The van der Waals surface area contributed by atoms with Gasteiger partial charge >= 0.3 is 0 Å². The van der Waals surface area contributed by atoms with Gasteiger partial charge in [-0.1, -0.05) is 11.6 Å². The van der Waals surface area contributed by atoms with Gasteiger partial charge in [0.1, 0.15) is 5.75 Å². The summed E-state index contributed by atoms with van der Waals surface area (Å²) < 4.78 is 0. The smallest absolute Gasteiger partial charge is 0.144 e. The molecule has 0 aliphatic rings. The Hall–Kier alpha value is -1.09. The van der Waals surface area contributed by atoms with Crippen molar-refractivity contribution < 1.29 is 5.11 Å². The van der Waals surface area contributed by atoms with Crippen LogP contribution < -0.4 is 0 Å². The minimum absolute atomic E-state index is 0.0671. The summed E-state index contributed by atoms with van der Waals surface area (Å²) in [4.78, 5) is 3.61. The molecule has 1 rings (SSSR count). The Balaban J connectivity index is 3.30. The minimum Gasteiger partial charge on any atom is -0.506 e. The van der Waals surface area contributed by atoms with Crippen LogP contribution in [-0.4, -0.2) is 16.3 Å². The Morgan fingerprint density at radius 1 is 1.60 bits per heavy atom. The van der Waals surface area contributed by atoms with Crippen LogP contribution in [-0.2, 0) is 0 Å². The monoisotopic (exact) mass is 156 g/mol. The van der Waals surface area contributed by atoms with Crippen LogP contribution in [0.4, 0.5) is 0 Å². The first-order valence-corrected chi connectivity index (χ1v) is 2.96. The second-order valence-corrected chi connectivity index (χ2v) is 2.11. The van der Waals surface area contributed by atoms with Crippen LogP contribution in [0, 0.1) is 5.41 Å². The van der Waals surface area contributed by atoms with Crippen molar-refractivity contribution in [2.45, 2.75) is 0 Å². The molecule has 1 aromatic heterocycles. The number of halogens is 1. The molecule has 0 saturated heterocycles. The third-order valence-corrected chi connectivity index (χ3v) is 1.36. The van der Waals surface area contributed by atoms with Crippen molar-refractivity contribution in [1.29, 1.82) is 5.41 Å². The number of pyridine rings is 1. The highest BCUT2D eigenvalue weighted by Crippen LogP contribution is 2.20. The molecule has 3 nitrogen and oxygen atoms in total. The summed E-state index contributed by atoms with van der Waals surface area (Å²) in [6, 6.07) is 0. The lowest BCUT2D eigenvalue weighted by Gasteiger charge is -1.97. The first-order valence-electron chi connectivity index (χ1n) is 2.58. The summed E-state index contributed by atoms with van der Waals surface area (Å²) in [5, 5.41) is 16.1. The van der Waals surface area contributed by atoms with E-state index in [1.54, 1.807) is 0 Å². The fourth-order valence-corrected chi connectivity index (χ4v) is 0.785. The van der Waals surface area contributed by atoms with Crippen molar-refractivity contribution in [2.75, 3.05) is 0 Å². The molecule has 0 saturated carbocycles. The van der Waals surface area contributed by atoms with E-state index in [1.807, 2.05) is 0 Å². The normalized spacial score (nSPS) is 9.30. The molecule has 0 aliphatic heterocycles. The molecule has 0 amide bonds. The SMILES string of the molecule is N=Cc1c(O)cncc1Cl. The van der Waals surface area contributed by atoms with Crippen LogP contribution in [0.25, 0.3) is 0 Å². The summed E-state index contributed by atoms with van der Waals surface area (Å²) in [5.41, 5.74) is 0.302. The topological polar surface area (TPSA) is 57.0 Å². The van der Waals surface area contributed by atoms with Gasteiger partial charge in [0.2, 0.25) is 0 Å². The molecule has 2 N–H and O–H groups in total. The van der Waals surface area contributed by atoms with Crippen molar-refractivity contribution in [3.63, 3.8) is 0 Å². The van der Waals surface area contributed by atoms with E-state index in [1.165, 1.54) is 12.4 Å². The number of rotatable bonds is 1. The van der Waals surface area contributed by atoms with E-state index in [9.17, 15) is 0 Å². The van der Waals surface area contributed by atoms with E-state index in [0.717, 1.165) is 6.21 Å². The first kappa shape index (κ1) is 7.02. The van der Waals surface area contributed by atoms with Crippen molar-refractivity contribution in [3.8, 4) is 5.75 Å². The largest absolute Gasteiger partial charge is 0.506 e. The van der Waals surface area contributed by atoms with Crippen LogP contribution in [0.5, 0.6) is 5.75 Å². The lowest BCUT2D eigenvalue weighted by molar-refractivity contribution is 0.472. The molecule has 52 valence electrons. The minimum atomic E-state index is -0.0671. The number of nitrogens with zero attached hydrogens (tertiary/aromatic N) is 1. The van der Waals surface area contributed by atoms with Gasteiger partial charge in [-0.2, -0.15) is 0 Å². The summed E-state index contributed by atoms with van der Waals surface area (Å²) >= 11 is 5.56. The molecular weight excluding hydrogens is 152 g/mol. The number of aromatic hydroxyl groups is 1. The summed E-state index contributed by atoms with van der Waals surface area (Å²) in [5.74, 6) is -0.0671. The van der Waals surface area contributed by atoms with Gasteiger partial charge in [-0.3, -0.25) is 4.98 Å². The number of hydrogen-bond donors (Lipinski definition) is 2. The molecule has 1 aromatic rings. The van der Waals surface area contributed by atoms with Crippen molar-refractivity contribution in [3.05, 3.63) is 23.0 Å². The van der Waals surface area contributed by atoms with Gasteiger partial charge in [0.15, 0.2) is 0 Å². The van der Waals surface area contributed by atoms with Crippen molar-refractivity contribution in [2.24, 2.45) is 0 Å². The molecule has 0 bridgehead atoms. The van der Waals surface area contributed by atoms with Crippen LogP contribution in [0.2, 0.25) is 5.02 Å². The standard InChI is InChI=1S/C6H5ClN2O/c7-5-2-9-3-6(10)4(5)1-8/h1-3,8,10H. The second-order valence-electron chi connectivity index (χ2n) is 1.70.